The zero-order chi connectivity index (χ0) is 19.5. The van der Waals surface area contributed by atoms with Crippen molar-refractivity contribution in [2.24, 2.45) is 0 Å². The van der Waals surface area contributed by atoms with Gasteiger partial charge < -0.3 is 10.1 Å². The van der Waals surface area contributed by atoms with E-state index in [9.17, 15) is 4.79 Å². The van der Waals surface area contributed by atoms with Gasteiger partial charge in [-0.2, -0.15) is 0 Å². The molecule has 0 aliphatic heterocycles. The second-order valence-electron chi connectivity index (χ2n) is 6.09. The molecule has 4 rings (SSSR count). The van der Waals surface area contributed by atoms with Gasteiger partial charge in [-0.3, -0.25) is 4.79 Å². The fraction of sp³-hybridized carbons (Fsp3) is 0.0455. The van der Waals surface area contributed by atoms with Crippen LogP contribution in [0.3, 0.4) is 0 Å². The number of nitrogens with zero attached hydrogens (tertiary/aromatic N) is 2. The lowest BCUT2D eigenvalue weighted by atomic mass is 10.0. The molecule has 2 aromatic heterocycles. The van der Waals surface area contributed by atoms with E-state index < -0.39 is 0 Å². The molecule has 28 heavy (non-hydrogen) atoms. The summed E-state index contributed by atoms with van der Waals surface area (Å²) in [7, 11) is 1.62. The highest BCUT2D eigenvalue weighted by Gasteiger charge is 2.15. The van der Waals surface area contributed by atoms with E-state index >= 15 is 0 Å². The number of methoxy groups -OCH3 is 1. The number of aromatic nitrogens is 2. The molecule has 138 valence electrons. The van der Waals surface area contributed by atoms with Crippen molar-refractivity contribution >= 4 is 34.2 Å². The molecule has 5 nitrogen and oxygen atoms in total. The van der Waals surface area contributed by atoms with E-state index in [2.05, 4.69) is 10.3 Å². The molecule has 1 amide bonds. The van der Waals surface area contributed by atoms with Gasteiger partial charge in [0.2, 0.25) is 0 Å². The monoisotopic (exact) mass is 389 g/mol. The highest BCUT2D eigenvalue weighted by Crippen LogP contribution is 2.27. The Morgan fingerprint density at radius 2 is 1.82 bits per heavy atom. The molecule has 0 aliphatic rings. The lowest BCUT2D eigenvalue weighted by molar-refractivity contribution is 0.102. The molecule has 0 bridgehead atoms. The first kappa shape index (κ1) is 17.9. The molecule has 0 spiro atoms. The fourth-order valence-corrected chi connectivity index (χ4v) is 3.09. The van der Waals surface area contributed by atoms with E-state index in [1.54, 1.807) is 31.5 Å². The quantitative estimate of drug-likeness (QED) is 0.520. The third-order valence-corrected chi connectivity index (χ3v) is 4.64. The molecular weight excluding hydrogens is 374 g/mol. The third kappa shape index (κ3) is 3.52. The first-order valence-electron chi connectivity index (χ1n) is 8.62. The SMILES string of the molecule is COc1ccc(-c2cc(C(=O)Nc3ncccc3Cl)c3ccccc3n2)cc1. The van der Waals surface area contributed by atoms with Crippen molar-refractivity contribution in [1.82, 2.24) is 9.97 Å². The van der Waals surface area contributed by atoms with Gasteiger partial charge in [-0.25, -0.2) is 9.97 Å². The number of carbonyl (C=O) groups is 1. The highest BCUT2D eigenvalue weighted by molar-refractivity contribution is 6.33. The molecule has 0 saturated carbocycles. The Morgan fingerprint density at radius 3 is 2.57 bits per heavy atom. The van der Waals surface area contributed by atoms with Crippen LogP contribution in [-0.2, 0) is 0 Å². The third-order valence-electron chi connectivity index (χ3n) is 4.34. The Labute approximate surface area is 167 Å². The van der Waals surface area contributed by atoms with Crippen molar-refractivity contribution in [3.8, 4) is 17.0 Å². The summed E-state index contributed by atoms with van der Waals surface area (Å²) in [5.74, 6) is 0.780. The molecule has 1 N–H and O–H groups in total. The molecule has 4 aromatic rings. The molecule has 2 aromatic carbocycles. The van der Waals surface area contributed by atoms with E-state index in [1.807, 2.05) is 48.5 Å². The van der Waals surface area contributed by atoms with Gasteiger partial charge in [0.1, 0.15) is 5.75 Å². The maximum absolute atomic E-state index is 13.0. The van der Waals surface area contributed by atoms with E-state index in [0.717, 1.165) is 22.2 Å². The van der Waals surface area contributed by atoms with Crippen molar-refractivity contribution < 1.29 is 9.53 Å². The predicted octanol–water partition coefficient (Wildman–Crippen LogP) is 5.21. The second kappa shape index (κ2) is 7.66. The molecule has 6 heteroatoms. The second-order valence-corrected chi connectivity index (χ2v) is 6.50. The van der Waals surface area contributed by atoms with Crippen LogP contribution < -0.4 is 10.1 Å². The van der Waals surface area contributed by atoms with E-state index in [-0.39, 0.29) is 5.91 Å². The summed E-state index contributed by atoms with van der Waals surface area (Å²) < 4.78 is 5.21. The number of fused-ring (bicyclic) bond motifs is 1. The number of nitrogens with one attached hydrogen (secondary N) is 1. The predicted molar refractivity (Wildman–Crippen MR) is 111 cm³/mol. The lowest BCUT2D eigenvalue weighted by Gasteiger charge is -2.11. The average molecular weight is 390 g/mol. The Bertz CT molecular complexity index is 1160. The summed E-state index contributed by atoms with van der Waals surface area (Å²) in [6.07, 6.45) is 1.58. The minimum Gasteiger partial charge on any atom is -0.497 e. The maximum atomic E-state index is 13.0. The van der Waals surface area contributed by atoms with Crippen LogP contribution in [0.5, 0.6) is 5.75 Å². The Hall–Kier alpha value is -3.44. The molecule has 0 fully saturated rings. The molecule has 0 aliphatic carbocycles. The van der Waals surface area contributed by atoms with Crippen molar-refractivity contribution in [1.29, 1.82) is 0 Å². The van der Waals surface area contributed by atoms with Crippen LogP contribution in [-0.4, -0.2) is 23.0 Å². The van der Waals surface area contributed by atoms with Crippen molar-refractivity contribution in [3.63, 3.8) is 0 Å². The fourth-order valence-electron chi connectivity index (χ4n) is 2.93. The molecule has 2 heterocycles. The smallest absolute Gasteiger partial charge is 0.257 e. The van der Waals surface area contributed by atoms with Crippen LogP contribution in [0.2, 0.25) is 5.02 Å². The number of pyridine rings is 2. The normalized spacial score (nSPS) is 10.6. The number of halogens is 1. The largest absolute Gasteiger partial charge is 0.497 e. The highest BCUT2D eigenvalue weighted by atomic mass is 35.5. The first-order valence-corrected chi connectivity index (χ1v) is 8.99. The zero-order valence-corrected chi connectivity index (χ0v) is 15.8. The Morgan fingerprint density at radius 1 is 1.04 bits per heavy atom. The molecule has 0 radical (unpaired) electrons. The summed E-state index contributed by atoms with van der Waals surface area (Å²) in [5.41, 5.74) is 2.81. The van der Waals surface area contributed by atoms with Crippen LogP contribution in [0.15, 0.2) is 72.9 Å². The van der Waals surface area contributed by atoms with Gasteiger partial charge in [-0.15, -0.1) is 0 Å². The minimum atomic E-state index is -0.297. The van der Waals surface area contributed by atoms with Crippen LogP contribution in [0.25, 0.3) is 22.2 Å². The number of para-hydroxylation sites is 1. The number of carbonyl (C=O) groups excluding carboxylic acids is 1. The lowest BCUT2D eigenvalue weighted by Crippen LogP contribution is -2.14. The van der Waals surface area contributed by atoms with Gasteiger partial charge in [0, 0.05) is 17.1 Å². The Balaban J connectivity index is 1.80. The summed E-state index contributed by atoms with van der Waals surface area (Å²) in [6, 6.07) is 20.2. The van der Waals surface area contributed by atoms with Gasteiger partial charge in [0.05, 0.1) is 28.9 Å². The summed E-state index contributed by atoms with van der Waals surface area (Å²) in [4.78, 5) is 21.8. The Kier molecular flexibility index (Phi) is 4.91. The summed E-state index contributed by atoms with van der Waals surface area (Å²) in [5, 5.41) is 3.92. The van der Waals surface area contributed by atoms with Gasteiger partial charge in [0.25, 0.3) is 5.91 Å². The number of hydrogen-bond acceptors (Lipinski definition) is 4. The van der Waals surface area contributed by atoms with E-state index in [0.29, 0.717) is 22.1 Å². The van der Waals surface area contributed by atoms with E-state index in [1.165, 1.54) is 0 Å². The topological polar surface area (TPSA) is 64.1 Å². The van der Waals surface area contributed by atoms with Crippen LogP contribution >= 0.6 is 11.6 Å². The standard InChI is InChI=1S/C22H16ClN3O2/c1-28-15-10-8-14(9-11-15)20-13-17(16-5-2-3-7-19(16)25-20)22(27)26-21-18(23)6-4-12-24-21/h2-13H,1H3,(H,24,26,27). The molecule has 0 unspecified atom stereocenters. The summed E-state index contributed by atoms with van der Waals surface area (Å²) >= 11 is 6.13. The van der Waals surface area contributed by atoms with Crippen molar-refractivity contribution in [3.05, 3.63) is 83.5 Å². The van der Waals surface area contributed by atoms with Gasteiger partial charge in [0.15, 0.2) is 5.82 Å². The molecule has 0 atom stereocenters. The van der Waals surface area contributed by atoms with Crippen LogP contribution in [0, 0.1) is 0 Å². The van der Waals surface area contributed by atoms with Crippen LogP contribution in [0.4, 0.5) is 5.82 Å². The van der Waals surface area contributed by atoms with Crippen molar-refractivity contribution in [2.75, 3.05) is 12.4 Å². The number of anilines is 1. The van der Waals surface area contributed by atoms with Crippen molar-refractivity contribution in [2.45, 2.75) is 0 Å². The molecular formula is C22H16ClN3O2. The average Bonchev–Trinajstić information content (AvgIpc) is 2.74. The number of benzene rings is 2. The summed E-state index contributed by atoms with van der Waals surface area (Å²) in [6.45, 7) is 0. The number of rotatable bonds is 4. The molecule has 0 saturated heterocycles. The number of amides is 1. The minimum absolute atomic E-state index is 0.297. The van der Waals surface area contributed by atoms with Gasteiger partial charge in [-0.05, 0) is 48.5 Å². The van der Waals surface area contributed by atoms with E-state index in [4.69, 9.17) is 21.3 Å². The van der Waals surface area contributed by atoms with Crippen LogP contribution in [0.1, 0.15) is 10.4 Å². The van der Waals surface area contributed by atoms with Gasteiger partial charge in [-0.1, -0.05) is 29.8 Å². The maximum Gasteiger partial charge on any atom is 0.257 e. The number of hydrogen-bond donors (Lipinski definition) is 1. The number of ether oxygens (including phenoxy) is 1. The zero-order valence-electron chi connectivity index (χ0n) is 15.0. The van der Waals surface area contributed by atoms with Gasteiger partial charge >= 0.3 is 0 Å². The first-order chi connectivity index (χ1) is 13.7.